The van der Waals surface area contributed by atoms with E-state index in [-0.39, 0.29) is 21.7 Å². The molecule has 0 bridgehead atoms. The minimum Gasteiger partial charge on any atom is -0.325 e. The number of nitrogens with one attached hydrogen (secondary N) is 1. The summed E-state index contributed by atoms with van der Waals surface area (Å²) in [5.41, 5.74) is -0.200. The highest BCUT2D eigenvalue weighted by Crippen LogP contribution is 2.33. The van der Waals surface area contributed by atoms with Gasteiger partial charge in [0.15, 0.2) is 10.8 Å². The number of hydrogen-bond acceptors (Lipinski definition) is 4. The second kappa shape index (κ2) is 7.16. The number of carbonyl (C=O) groups excluding carboxylic acids is 1. The standard InChI is InChI=1S/C16H12ClF3N4OS/c1-9(14(25)21-11-5-3-2-4-6-11)26-15-23-22-13-12(17)7-10(8-24(13)15)16(18,19)20/h2-9H,1H3,(H,21,25). The molecule has 0 spiro atoms. The molecule has 1 atom stereocenters. The van der Waals surface area contributed by atoms with Gasteiger partial charge in [-0.3, -0.25) is 9.20 Å². The number of hydrogen-bond donors (Lipinski definition) is 1. The lowest BCUT2D eigenvalue weighted by molar-refractivity contribution is -0.137. The maximum atomic E-state index is 13.0. The Morgan fingerprint density at radius 1 is 1.27 bits per heavy atom. The molecular formula is C16H12ClF3N4OS. The molecule has 0 aliphatic heterocycles. The van der Waals surface area contributed by atoms with E-state index in [9.17, 15) is 18.0 Å². The van der Waals surface area contributed by atoms with Crippen LogP contribution in [0.2, 0.25) is 5.02 Å². The van der Waals surface area contributed by atoms with Gasteiger partial charge in [0.1, 0.15) is 0 Å². The fourth-order valence-corrected chi connectivity index (χ4v) is 3.22. The Morgan fingerprint density at radius 2 is 1.96 bits per heavy atom. The summed E-state index contributed by atoms with van der Waals surface area (Å²) >= 11 is 6.86. The zero-order valence-corrected chi connectivity index (χ0v) is 14.9. The van der Waals surface area contributed by atoms with Gasteiger partial charge in [-0.15, -0.1) is 10.2 Å². The lowest BCUT2D eigenvalue weighted by atomic mass is 10.3. The molecule has 2 aromatic heterocycles. The van der Waals surface area contributed by atoms with Crippen LogP contribution in [-0.2, 0) is 11.0 Å². The zero-order chi connectivity index (χ0) is 18.9. The van der Waals surface area contributed by atoms with Crippen molar-refractivity contribution in [3.05, 3.63) is 53.2 Å². The number of para-hydroxylation sites is 1. The molecule has 2 heterocycles. The number of anilines is 1. The smallest absolute Gasteiger partial charge is 0.325 e. The number of thioether (sulfide) groups is 1. The number of pyridine rings is 1. The van der Waals surface area contributed by atoms with E-state index in [1.807, 2.05) is 6.07 Å². The van der Waals surface area contributed by atoms with E-state index < -0.39 is 17.0 Å². The molecule has 10 heteroatoms. The van der Waals surface area contributed by atoms with Gasteiger partial charge >= 0.3 is 6.18 Å². The molecule has 1 aromatic carbocycles. The first-order valence-electron chi connectivity index (χ1n) is 7.40. The van der Waals surface area contributed by atoms with Crippen molar-refractivity contribution in [2.24, 2.45) is 0 Å². The molecule has 3 aromatic rings. The molecule has 5 nitrogen and oxygen atoms in total. The summed E-state index contributed by atoms with van der Waals surface area (Å²) in [4.78, 5) is 12.3. The second-order valence-corrected chi connectivity index (χ2v) is 7.08. The zero-order valence-electron chi connectivity index (χ0n) is 13.3. The predicted molar refractivity (Wildman–Crippen MR) is 93.4 cm³/mol. The minimum atomic E-state index is -4.56. The number of halogens is 4. The molecule has 136 valence electrons. The number of aromatic nitrogens is 3. The van der Waals surface area contributed by atoms with E-state index in [4.69, 9.17) is 11.6 Å². The van der Waals surface area contributed by atoms with Crippen molar-refractivity contribution in [3.8, 4) is 0 Å². The largest absolute Gasteiger partial charge is 0.417 e. The van der Waals surface area contributed by atoms with Gasteiger partial charge in [-0.2, -0.15) is 13.2 Å². The topological polar surface area (TPSA) is 59.3 Å². The van der Waals surface area contributed by atoms with Crippen LogP contribution in [0, 0.1) is 0 Å². The average molecular weight is 401 g/mol. The van der Waals surface area contributed by atoms with Crippen molar-refractivity contribution < 1.29 is 18.0 Å². The van der Waals surface area contributed by atoms with E-state index in [0.29, 0.717) is 5.69 Å². The van der Waals surface area contributed by atoms with Crippen LogP contribution in [-0.4, -0.2) is 25.8 Å². The van der Waals surface area contributed by atoms with E-state index >= 15 is 0 Å². The van der Waals surface area contributed by atoms with Crippen LogP contribution in [0.3, 0.4) is 0 Å². The molecule has 0 aliphatic rings. The molecule has 0 saturated carbocycles. The summed E-state index contributed by atoms with van der Waals surface area (Å²) in [5, 5.41) is 9.74. The Balaban J connectivity index is 1.84. The van der Waals surface area contributed by atoms with Gasteiger partial charge in [0, 0.05) is 11.9 Å². The summed E-state index contributed by atoms with van der Waals surface area (Å²) in [6.07, 6.45) is -3.69. The molecule has 0 fully saturated rings. The summed E-state index contributed by atoms with van der Waals surface area (Å²) in [6, 6.07) is 9.64. The number of nitrogens with zero attached hydrogens (tertiary/aromatic N) is 3. The van der Waals surface area contributed by atoms with Gasteiger partial charge in [0.25, 0.3) is 0 Å². The highest BCUT2D eigenvalue weighted by atomic mass is 35.5. The van der Waals surface area contributed by atoms with Gasteiger partial charge < -0.3 is 5.32 Å². The first kappa shape index (κ1) is 18.5. The Hall–Kier alpha value is -2.26. The maximum absolute atomic E-state index is 13.0. The SMILES string of the molecule is CC(Sc1nnc2c(Cl)cc(C(F)(F)F)cn12)C(=O)Nc1ccccc1. The number of fused-ring (bicyclic) bond motifs is 1. The Bertz CT molecular complexity index is 946. The summed E-state index contributed by atoms with van der Waals surface area (Å²) < 4.78 is 40.1. The van der Waals surface area contributed by atoms with Gasteiger partial charge in [-0.1, -0.05) is 41.6 Å². The second-order valence-electron chi connectivity index (χ2n) is 5.37. The molecular weight excluding hydrogens is 389 g/mol. The summed E-state index contributed by atoms with van der Waals surface area (Å²) in [6.45, 7) is 1.62. The first-order chi connectivity index (χ1) is 12.3. The lowest BCUT2D eigenvalue weighted by Gasteiger charge is -2.12. The highest BCUT2D eigenvalue weighted by molar-refractivity contribution is 8.00. The van der Waals surface area contributed by atoms with Gasteiger partial charge in [0.05, 0.1) is 15.8 Å². The number of rotatable bonds is 4. The van der Waals surface area contributed by atoms with E-state index in [2.05, 4.69) is 15.5 Å². The van der Waals surface area contributed by atoms with Crippen molar-refractivity contribution in [1.82, 2.24) is 14.6 Å². The third-order valence-corrected chi connectivity index (χ3v) is 4.78. The molecule has 0 aliphatic carbocycles. The van der Waals surface area contributed by atoms with Gasteiger partial charge in [-0.25, -0.2) is 0 Å². The number of carbonyl (C=O) groups is 1. The lowest BCUT2D eigenvalue weighted by Crippen LogP contribution is -2.22. The Morgan fingerprint density at radius 3 is 2.62 bits per heavy atom. The molecule has 3 rings (SSSR count). The average Bonchev–Trinajstić information content (AvgIpc) is 2.98. The molecule has 0 radical (unpaired) electrons. The fraction of sp³-hybridized carbons (Fsp3) is 0.188. The first-order valence-corrected chi connectivity index (χ1v) is 8.65. The molecule has 26 heavy (non-hydrogen) atoms. The third kappa shape index (κ3) is 3.94. The normalized spacial score (nSPS) is 13.0. The van der Waals surface area contributed by atoms with E-state index in [0.717, 1.165) is 28.4 Å². The maximum Gasteiger partial charge on any atom is 0.417 e. The van der Waals surface area contributed by atoms with Crippen LogP contribution < -0.4 is 5.32 Å². The number of alkyl halides is 3. The summed E-state index contributed by atoms with van der Waals surface area (Å²) in [5.74, 6) is -0.309. The summed E-state index contributed by atoms with van der Waals surface area (Å²) in [7, 11) is 0. The Labute approximate surface area is 155 Å². The van der Waals surface area contributed by atoms with Crippen LogP contribution in [0.4, 0.5) is 18.9 Å². The van der Waals surface area contributed by atoms with Crippen LogP contribution in [0.1, 0.15) is 12.5 Å². The van der Waals surface area contributed by atoms with Gasteiger partial charge in [0.2, 0.25) is 5.91 Å². The third-order valence-electron chi connectivity index (χ3n) is 3.45. The van der Waals surface area contributed by atoms with Crippen LogP contribution in [0.25, 0.3) is 5.65 Å². The number of amides is 1. The molecule has 1 N–H and O–H groups in total. The van der Waals surface area contributed by atoms with Crippen molar-refractivity contribution in [1.29, 1.82) is 0 Å². The van der Waals surface area contributed by atoms with Gasteiger partial charge in [-0.05, 0) is 25.1 Å². The fourth-order valence-electron chi connectivity index (χ4n) is 2.15. The monoisotopic (exact) mass is 400 g/mol. The van der Waals surface area contributed by atoms with Crippen LogP contribution in [0.15, 0.2) is 47.8 Å². The number of benzene rings is 1. The van der Waals surface area contributed by atoms with Crippen LogP contribution >= 0.6 is 23.4 Å². The van der Waals surface area contributed by atoms with Crippen molar-refractivity contribution in [2.45, 2.75) is 23.5 Å². The minimum absolute atomic E-state index is 0.0952. The van der Waals surface area contributed by atoms with Crippen molar-refractivity contribution in [3.63, 3.8) is 0 Å². The van der Waals surface area contributed by atoms with E-state index in [1.54, 1.807) is 31.2 Å². The highest BCUT2D eigenvalue weighted by Gasteiger charge is 2.32. The van der Waals surface area contributed by atoms with Crippen molar-refractivity contribution >= 4 is 40.6 Å². The molecule has 0 saturated heterocycles. The quantitative estimate of drug-likeness (QED) is 0.654. The molecule has 1 amide bonds. The predicted octanol–water partition coefficient (Wildman–Crippen LogP) is 4.52. The molecule has 1 unspecified atom stereocenters. The van der Waals surface area contributed by atoms with Crippen molar-refractivity contribution in [2.75, 3.05) is 5.32 Å². The Kier molecular flexibility index (Phi) is 5.10. The van der Waals surface area contributed by atoms with E-state index in [1.165, 1.54) is 0 Å². The van der Waals surface area contributed by atoms with Crippen LogP contribution in [0.5, 0.6) is 0 Å².